The number of aliphatic hydroxyl groups excluding tert-OH is 1. The first-order valence-electron chi connectivity index (χ1n) is 6.96. The Morgan fingerprint density at radius 2 is 2.09 bits per heavy atom. The maximum absolute atomic E-state index is 12.5. The van der Waals surface area contributed by atoms with Gasteiger partial charge in [0.25, 0.3) is 5.91 Å². The number of aromatic nitrogens is 3. The number of hydrogen-bond donors (Lipinski definition) is 2. The molecule has 2 heterocycles. The lowest BCUT2D eigenvalue weighted by molar-refractivity contribution is 0.0917. The number of hydrogen-bond acceptors (Lipinski definition) is 4. The first-order chi connectivity index (χ1) is 10.7. The van der Waals surface area contributed by atoms with Crippen LogP contribution in [0.25, 0.3) is 5.65 Å². The highest BCUT2D eigenvalue weighted by molar-refractivity contribution is 5.99. The quantitative estimate of drug-likeness (QED) is 0.764. The lowest BCUT2D eigenvalue weighted by Gasteiger charge is -2.16. The summed E-state index contributed by atoms with van der Waals surface area (Å²) in [6.45, 7) is 1.68. The van der Waals surface area contributed by atoms with Crippen LogP contribution in [0.4, 0.5) is 0 Å². The van der Waals surface area contributed by atoms with Crippen LogP contribution >= 0.6 is 0 Å². The van der Waals surface area contributed by atoms with E-state index >= 15 is 0 Å². The van der Waals surface area contributed by atoms with Crippen molar-refractivity contribution in [1.82, 2.24) is 19.9 Å². The molecule has 2 aromatic heterocycles. The van der Waals surface area contributed by atoms with E-state index in [0.29, 0.717) is 11.2 Å². The number of rotatable bonds is 4. The Balaban J connectivity index is 1.88. The molecule has 0 aliphatic rings. The number of aliphatic hydroxyl groups is 1. The average Bonchev–Trinajstić information content (AvgIpc) is 2.96. The van der Waals surface area contributed by atoms with Gasteiger partial charge in [0.2, 0.25) is 0 Å². The zero-order valence-electron chi connectivity index (χ0n) is 12.1. The van der Waals surface area contributed by atoms with Gasteiger partial charge < -0.3 is 10.4 Å². The van der Waals surface area contributed by atoms with Crippen LogP contribution in [0.1, 0.15) is 27.7 Å². The minimum Gasteiger partial charge on any atom is -0.394 e. The second kappa shape index (κ2) is 5.95. The van der Waals surface area contributed by atoms with Crippen molar-refractivity contribution >= 4 is 11.6 Å². The maximum atomic E-state index is 12.5. The Morgan fingerprint density at radius 3 is 2.82 bits per heavy atom. The Hall–Kier alpha value is -2.73. The summed E-state index contributed by atoms with van der Waals surface area (Å²) in [6, 6.07) is 10.7. The predicted molar refractivity (Wildman–Crippen MR) is 81.5 cm³/mol. The van der Waals surface area contributed by atoms with Gasteiger partial charge in [-0.15, -0.1) is 0 Å². The number of amides is 1. The van der Waals surface area contributed by atoms with Gasteiger partial charge in [0.1, 0.15) is 5.56 Å². The fourth-order valence-electron chi connectivity index (χ4n) is 2.27. The Labute approximate surface area is 127 Å². The molecule has 0 spiro atoms. The molecule has 0 bridgehead atoms. The first-order valence-corrected chi connectivity index (χ1v) is 6.96. The third kappa shape index (κ3) is 2.68. The van der Waals surface area contributed by atoms with Crippen molar-refractivity contribution in [2.75, 3.05) is 6.61 Å². The standard InChI is InChI=1S/C16H16N4O2/c1-11-7-8-20-15(18-11)13(9-17-20)16(22)19-14(10-21)12-5-3-2-4-6-12/h2-9,14,21H,10H2,1H3,(H,19,22). The Kier molecular flexibility index (Phi) is 3.84. The summed E-state index contributed by atoms with van der Waals surface area (Å²) >= 11 is 0. The molecule has 1 unspecified atom stereocenters. The first kappa shape index (κ1) is 14.2. The molecule has 1 aromatic carbocycles. The third-order valence-corrected chi connectivity index (χ3v) is 3.44. The molecule has 0 saturated heterocycles. The predicted octanol–water partition coefficient (Wildman–Crippen LogP) is 1.50. The zero-order chi connectivity index (χ0) is 15.5. The molecule has 0 saturated carbocycles. The van der Waals surface area contributed by atoms with Crippen LogP contribution in [-0.4, -0.2) is 32.2 Å². The van der Waals surface area contributed by atoms with Gasteiger partial charge in [0.15, 0.2) is 5.65 Å². The van der Waals surface area contributed by atoms with Gasteiger partial charge in [-0.05, 0) is 18.6 Å². The summed E-state index contributed by atoms with van der Waals surface area (Å²) in [5.74, 6) is -0.309. The molecular weight excluding hydrogens is 280 g/mol. The smallest absolute Gasteiger partial charge is 0.257 e. The summed E-state index contributed by atoms with van der Waals surface area (Å²) < 4.78 is 1.55. The van der Waals surface area contributed by atoms with Crippen molar-refractivity contribution in [3.05, 3.63) is 65.6 Å². The number of carbonyl (C=O) groups excluding carboxylic acids is 1. The van der Waals surface area contributed by atoms with Crippen LogP contribution < -0.4 is 5.32 Å². The van der Waals surface area contributed by atoms with Crippen LogP contribution in [0.15, 0.2) is 48.8 Å². The molecule has 6 nitrogen and oxygen atoms in total. The van der Waals surface area contributed by atoms with E-state index in [1.54, 1.807) is 10.7 Å². The average molecular weight is 296 g/mol. The van der Waals surface area contributed by atoms with Gasteiger partial charge >= 0.3 is 0 Å². The normalized spacial score (nSPS) is 12.3. The monoisotopic (exact) mass is 296 g/mol. The highest BCUT2D eigenvalue weighted by Crippen LogP contribution is 2.14. The molecular formula is C16H16N4O2. The topological polar surface area (TPSA) is 79.5 Å². The summed E-state index contributed by atoms with van der Waals surface area (Å²) in [5.41, 5.74) is 2.54. The summed E-state index contributed by atoms with van der Waals surface area (Å²) in [4.78, 5) is 16.8. The van der Waals surface area contributed by atoms with Crippen molar-refractivity contribution in [2.24, 2.45) is 0 Å². The van der Waals surface area contributed by atoms with Crippen molar-refractivity contribution in [1.29, 1.82) is 0 Å². The molecule has 0 fully saturated rings. The van der Waals surface area contributed by atoms with Gasteiger partial charge in [-0.3, -0.25) is 4.79 Å². The van der Waals surface area contributed by atoms with E-state index in [0.717, 1.165) is 11.3 Å². The molecule has 0 aliphatic carbocycles. The molecule has 3 rings (SSSR count). The minimum atomic E-state index is -0.464. The van der Waals surface area contributed by atoms with E-state index in [4.69, 9.17) is 0 Å². The number of nitrogens with zero attached hydrogens (tertiary/aromatic N) is 3. The fraction of sp³-hybridized carbons (Fsp3) is 0.188. The van der Waals surface area contributed by atoms with Gasteiger partial charge in [0, 0.05) is 11.9 Å². The Morgan fingerprint density at radius 1 is 1.32 bits per heavy atom. The maximum Gasteiger partial charge on any atom is 0.257 e. The van der Waals surface area contributed by atoms with E-state index in [1.165, 1.54) is 6.20 Å². The molecule has 0 radical (unpaired) electrons. The Bertz CT molecular complexity index is 798. The minimum absolute atomic E-state index is 0.179. The zero-order valence-corrected chi connectivity index (χ0v) is 12.1. The van der Waals surface area contributed by atoms with E-state index in [1.807, 2.05) is 43.3 Å². The molecule has 1 amide bonds. The van der Waals surface area contributed by atoms with Crippen LogP contribution in [0.3, 0.4) is 0 Å². The lowest BCUT2D eigenvalue weighted by Crippen LogP contribution is -2.30. The second-order valence-electron chi connectivity index (χ2n) is 5.01. The molecule has 112 valence electrons. The second-order valence-corrected chi connectivity index (χ2v) is 5.01. The highest BCUT2D eigenvalue weighted by atomic mass is 16.3. The SMILES string of the molecule is Cc1ccn2ncc(C(=O)NC(CO)c3ccccc3)c2n1. The molecule has 2 N–H and O–H groups in total. The molecule has 0 aliphatic heterocycles. The van der Waals surface area contributed by atoms with Gasteiger partial charge in [-0.1, -0.05) is 30.3 Å². The highest BCUT2D eigenvalue weighted by Gasteiger charge is 2.18. The largest absolute Gasteiger partial charge is 0.394 e. The molecule has 3 aromatic rings. The van der Waals surface area contributed by atoms with E-state index < -0.39 is 6.04 Å². The van der Waals surface area contributed by atoms with Crippen LogP contribution in [-0.2, 0) is 0 Å². The van der Waals surface area contributed by atoms with Crippen molar-refractivity contribution in [3.63, 3.8) is 0 Å². The third-order valence-electron chi connectivity index (χ3n) is 3.44. The summed E-state index contributed by atoms with van der Waals surface area (Å²) in [6.07, 6.45) is 3.24. The van der Waals surface area contributed by atoms with Crippen LogP contribution in [0.5, 0.6) is 0 Å². The fourth-order valence-corrected chi connectivity index (χ4v) is 2.27. The molecule has 6 heteroatoms. The van der Waals surface area contributed by atoms with Crippen molar-refractivity contribution in [3.8, 4) is 0 Å². The van der Waals surface area contributed by atoms with Gasteiger partial charge in [-0.2, -0.15) is 5.10 Å². The number of benzene rings is 1. The lowest BCUT2D eigenvalue weighted by atomic mass is 10.1. The number of aryl methyl sites for hydroxylation is 1. The summed E-state index contributed by atoms with van der Waals surface area (Å²) in [7, 11) is 0. The molecule has 1 atom stereocenters. The number of nitrogens with one attached hydrogen (secondary N) is 1. The number of fused-ring (bicyclic) bond motifs is 1. The van der Waals surface area contributed by atoms with E-state index in [9.17, 15) is 9.90 Å². The summed E-state index contributed by atoms with van der Waals surface area (Å²) in [5, 5.41) is 16.5. The van der Waals surface area contributed by atoms with E-state index in [-0.39, 0.29) is 12.5 Å². The number of carbonyl (C=O) groups is 1. The van der Waals surface area contributed by atoms with E-state index in [2.05, 4.69) is 15.4 Å². The van der Waals surface area contributed by atoms with Crippen LogP contribution in [0.2, 0.25) is 0 Å². The van der Waals surface area contributed by atoms with Crippen LogP contribution in [0, 0.1) is 6.92 Å². The van der Waals surface area contributed by atoms with Crippen molar-refractivity contribution < 1.29 is 9.90 Å². The van der Waals surface area contributed by atoms with Crippen molar-refractivity contribution in [2.45, 2.75) is 13.0 Å². The van der Waals surface area contributed by atoms with Gasteiger partial charge in [-0.25, -0.2) is 9.50 Å². The van der Waals surface area contributed by atoms with Gasteiger partial charge in [0.05, 0.1) is 18.8 Å². The molecule has 22 heavy (non-hydrogen) atoms.